The molecule has 0 aliphatic heterocycles. The van der Waals surface area contributed by atoms with Gasteiger partial charge in [0.15, 0.2) is 0 Å². The molecule has 0 fully saturated rings. The summed E-state index contributed by atoms with van der Waals surface area (Å²) in [7, 11) is 0. The molecule has 0 saturated heterocycles. The first-order valence-corrected chi connectivity index (χ1v) is 8.08. The Hall–Kier alpha value is -1.72. The number of fused-ring (bicyclic) bond motifs is 1. The van der Waals surface area contributed by atoms with Gasteiger partial charge in [0.05, 0.1) is 10.4 Å². The molecule has 2 aromatic rings. The topological polar surface area (TPSA) is 82.2 Å². The zero-order valence-corrected chi connectivity index (χ0v) is 14.4. The largest absolute Gasteiger partial charge is 0.481 e. The number of rotatable bonds is 6. The van der Waals surface area contributed by atoms with Gasteiger partial charge in [-0.3, -0.25) is 9.59 Å². The number of amides is 1. The zero-order valence-electron chi connectivity index (χ0n) is 12.9. The second-order valence-corrected chi connectivity index (χ2v) is 6.35. The van der Waals surface area contributed by atoms with Crippen LogP contribution < -0.4 is 5.32 Å². The number of aliphatic carboxylic acids is 1. The van der Waals surface area contributed by atoms with Gasteiger partial charge in [-0.1, -0.05) is 37.0 Å². The number of aromatic nitrogens is 1. The SMILES string of the molecule is CCC(CC)(CNC(=O)c1cc2c(Cl)cc(Cl)cc2[nH]1)C(=O)O. The van der Waals surface area contributed by atoms with Gasteiger partial charge in [0.2, 0.25) is 0 Å². The minimum atomic E-state index is -0.956. The monoisotopic (exact) mass is 356 g/mol. The number of hydrogen-bond acceptors (Lipinski definition) is 2. The highest BCUT2D eigenvalue weighted by Gasteiger charge is 2.35. The van der Waals surface area contributed by atoms with E-state index in [1.807, 2.05) is 0 Å². The van der Waals surface area contributed by atoms with E-state index in [-0.39, 0.29) is 12.5 Å². The summed E-state index contributed by atoms with van der Waals surface area (Å²) in [5, 5.41) is 13.7. The quantitative estimate of drug-likeness (QED) is 0.728. The first-order chi connectivity index (χ1) is 10.8. The molecule has 124 valence electrons. The normalized spacial score (nSPS) is 11.7. The summed E-state index contributed by atoms with van der Waals surface area (Å²) >= 11 is 12.0. The Morgan fingerprint density at radius 1 is 1.22 bits per heavy atom. The summed E-state index contributed by atoms with van der Waals surface area (Å²) in [6.45, 7) is 3.67. The first-order valence-electron chi connectivity index (χ1n) is 7.32. The molecule has 1 aromatic carbocycles. The number of hydrogen-bond donors (Lipinski definition) is 3. The van der Waals surface area contributed by atoms with E-state index in [1.165, 1.54) is 0 Å². The number of carboxylic acid groups (broad SMARTS) is 1. The Morgan fingerprint density at radius 2 is 1.87 bits per heavy atom. The lowest BCUT2D eigenvalue weighted by Crippen LogP contribution is -2.42. The summed E-state index contributed by atoms with van der Waals surface area (Å²) in [4.78, 5) is 26.7. The van der Waals surface area contributed by atoms with Crippen LogP contribution in [-0.4, -0.2) is 28.5 Å². The van der Waals surface area contributed by atoms with Crippen LogP contribution in [0.4, 0.5) is 0 Å². The second kappa shape index (κ2) is 6.81. The minimum absolute atomic E-state index is 0.0675. The number of carbonyl (C=O) groups is 2. The summed E-state index contributed by atoms with van der Waals surface area (Å²) < 4.78 is 0. The Kier molecular flexibility index (Phi) is 5.22. The van der Waals surface area contributed by atoms with Crippen LogP contribution in [0.1, 0.15) is 37.2 Å². The molecule has 0 aliphatic carbocycles. The van der Waals surface area contributed by atoms with E-state index in [1.54, 1.807) is 32.0 Å². The highest BCUT2D eigenvalue weighted by molar-refractivity contribution is 6.38. The van der Waals surface area contributed by atoms with Gasteiger partial charge in [0, 0.05) is 22.5 Å². The van der Waals surface area contributed by atoms with Crippen molar-refractivity contribution in [2.24, 2.45) is 5.41 Å². The van der Waals surface area contributed by atoms with E-state index >= 15 is 0 Å². The molecule has 3 N–H and O–H groups in total. The number of carboxylic acids is 1. The fourth-order valence-electron chi connectivity index (χ4n) is 2.51. The Labute approximate surface area is 144 Å². The molecule has 0 saturated carbocycles. The number of benzene rings is 1. The molecule has 2 rings (SSSR count). The predicted octanol–water partition coefficient (Wildman–Crippen LogP) is 4.10. The molecule has 1 aromatic heterocycles. The molecular formula is C16H18Cl2N2O3. The Balaban J connectivity index is 2.21. The van der Waals surface area contributed by atoms with Crippen LogP contribution in [0, 0.1) is 5.41 Å². The van der Waals surface area contributed by atoms with Crippen molar-refractivity contribution in [3.63, 3.8) is 0 Å². The fourth-order valence-corrected chi connectivity index (χ4v) is 3.05. The van der Waals surface area contributed by atoms with Crippen molar-refractivity contribution in [3.05, 3.63) is 33.9 Å². The summed E-state index contributed by atoms with van der Waals surface area (Å²) in [5.41, 5.74) is 0.0154. The molecular weight excluding hydrogens is 339 g/mol. The van der Waals surface area contributed by atoms with Crippen molar-refractivity contribution >= 4 is 46.0 Å². The van der Waals surface area contributed by atoms with Crippen molar-refractivity contribution in [1.29, 1.82) is 0 Å². The Morgan fingerprint density at radius 3 is 2.43 bits per heavy atom. The molecule has 7 heteroatoms. The van der Waals surface area contributed by atoms with Gasteiger partial charge < -0.3 is 15.4 Å². The highest BCUT2D eigenvalue weighted by Crippen LogP contribution is 2.29. The van der Waals surface area contributed by atoms with Crippen LogP contribution in [0.5, 0.6) is 0 Å². The minimum Gasteiger partial charge on any atom is -0.481 e. The lowest BCUT2D eigenvalue weighted by molar-refractivity contribution is -0.149. The molecule has 0 bridgehead atoms. The standard InChI is InChI=1S/C16H18Cl2N2O3/c1-3-16(4-2,15(22)23)8-19-14(21)13-7-10-11(18)5-9(17)6-12(10)20-13/h5-7,20H,3-4,8H2,1-2H3,(H,19,21)(H,22,23). The van der Waals surface area contributed by atoms with Crippen molar-refractivity contribution < 1.29 is 14.7 Å². The zero-order chi connectivity index (χ0) is 17.2. The number of aromatic amines is 1. The maximum Gasteiger partial charge on any atom is 0.311 e. The number of carbonyl (C=O) groups excluding carboxylic acids is 1. The van der Waals surface area contributed by atoms with Gasteiger partial charge in [-0.05, 0) is 31.0 Å². The van der Waals surface area contributed by atoms with Gasteiger partial charge in [0.25, 0.3) is 5.91 Å². The smallest absolute Gasteiger partial charge is 0.311 e. The van der Waals surface area contributed by atoms with Gasteiger partial charge in [-0.2, -0.15) is 0 Å². The maximum atomic E-state index is 12.3. The molecule has 0 atom stereocenters. The number of nitrogens with one attached hydrogen (secondary N) is 2. The van der Waals surface area contributed by atoms with Crippen LogP contribution in [0.2, 0.25) is 10.0 Å². The molecule has 23 heavy (non-hydrogen) atoms. The highest BCUT2D eigenvalue weighted by atomic mass is 35.5. The van der Waals surface area contributed by atoms with E-state index in [2.05, 4.69) is 10.3 Å². The lowest BCUT2D eigenvalue weighted by atomic mass is 9.82. The summed E-state index contributed by atoms with van der Waals surface area (Å²) in [6.07, 6.45) is 0.875. The molecule has 0 unspecified atom stereocenters. The Bertz CT molecular complexity index is 751. The van der Waals surface area contributed by atoms with Crippen LogP contribution in [0.3, 0.4) is 0 Å². The van der Waals surface area contributed by atoms with Gasteiger partial charge in [0.1, 0.15) is 5.69 Å². The van der Waals surface area contributed by atoms with Crippen LogP contribution in [0.15, 0.2) is 18.2 Å². The van der Waals surface area contributed by atoms with Crippen molar-refractivity contribution in [1.82, 2.24) is 10.3 Å². The van der Waals surface area contributed by atoms with Crippen LogP contribution in [-0.2, 0) is 4.79 Å². The van der Waals surface area contributed by atoms with Gasteiger partial charge in [-0.25, -0.2) is 0 Å². The second-order valence-electron chi connectivity index (χ2n) is 5.51. The third-order valence-electron chi connectivity index (χ3n) is 4.29. The average Bonchev–Trinajstić information content (AvgIpc) is 2.92. The molecule has 0 aliphatic rings. The molecule has 5 nitrogen and oxygen atoms in total. The first kappa shape index (κ1) is 17.6. The predicted molar refractivity (Wildman–Crippen MR) is 91.3 cm³/mol. The van der Waals surface area contributed by atoms with E-state index in [0.29, 0.717) is 39.5 Å². The number of H-pyrrole nitrogens is 1. The van der Waals surface area contributed by atoms with Crippen LogP contribution >= 0.6 is 23.2 Å². The van der Waals surface area contributed by atoms with Crippen molar-refractivity contribution in [3.8, 4) is 0 Å². The van der Waals surface area contributed by atoms with Crippen molar-refractivity contribution in [2.75, 3.05) is 6.54 Å². The third kappa shape index (κ3) is 3.46. The molecule has 1 heterocycles. The lowest BCUT2D eigenvalue weighted by Gasteiger charge is -2.26. The summed E-state index contributed by atoms with van der Waals surface area (Å²) in [5.74, 6) is -1.28. The van der Waals surface area contributed by atoms with E-state index in [4.69, 9.17) is 23.2 Å². The average molecular weight is 357 g/mol. The molecule has 0 spiro atoms. The molecule has 1 amide bonds. The van der Waals surface area contributed by atoms with Gasteiger partial charge in [-0.15, -0.1) is 0 Å². The number of halogens is 2. The third-order valence-corrected chi connectivity index (χ3v) is 4.82. The van der Waals surface area contributed by atoms with E-state index in [9.17, 15) is 14.7 Å². The van der Waals surface area contributed by atoms with Crippen molar-refractivity contribution in [2.45, 2.75) is 26.7 Å². The van der Waals surface area contributed by atoms with E-state index < -0.39 is 11.4 Å². The van der Waals surface area contributed by atoms with Crippen LogP contribution in [0.25, 0.3) is 10.9 Å². The fraction of sp³-hybridized carbons (Fsp3) is 0.375. The van der Waals surface area contributed by atoms with E-state index in [0.717, 1.165) is 0 Å². The molecule has 0 radical (unpaired) electrons. The maximum absolute atomic E-state index is 12.3. The summed E-state index contributed by atoms with van der Waals surface area (Å²) in [6, 6.07) is 4.91. The van der Waals surface area contributed by atoms with Gasteiger partial charge >= 0.3 is 5.97 Å².